The molecule has 3 rings (SSSR count). The molecule has 1 heterocycles. The molecule has 138 valence electrons. The fraction of sp³-hybridized carbons (Fsp3) is 0.286. The summed E-state index contributed by atoms with van der Waals surface area (Å²) < 4.78 is 2.06. The summed E-state index contributed by atoms with van der Waals surface area (Å²) in [4.78, 5) is 17.5. The van der Waals surface area contributed by atoms with Gasteiger partial charge in [0.1, 0.15) is 5.82 Å². The van der Waals surface area contributed by atoms with Gasteiger partial charge in [0.25, 0.3) is 5.91 Å². The Balaban J connectivity index is 1.96. The Bertz CT molecular complexity index is 946. The first-order valence-electron chi connectivity index (χ1n) is 8.91. The topological polar surface area (TPSA) is 70.7 Å². The van der Waals surface area contributed by atoms with E-state index in [1.807, 2.05) is 42.5 Å². The highest BCUT2D eigenvalue weighted by Crippen LogP contribution is 2.25. The third kappa shape index (κ3) is 4.50. The third-order valence-electron chi connectivity index (χ3n) is 4.39. The molecule has 0 spiro atoms. The van der Waals surface area contributed by atoms with E-state index in [-0.39, 0.29) is 11.9 Å². The van der Waals surface area contributed by atoms with Gasteiger partial charge in [0, 0.05) is 12.1 Å². The summed E-state index contributed by atoms with van der Waals surface area (Å²) in [5, 5.41) is 12.2. The molecule has 2 aromatic carbocycles. The lowest BCUT2D eigenvalue weighted by molar-refractivity contribution is 0.0933. The molecule has 0 saturated carbocycles. The molecule has 0 aliphatic carbocycles. The molecule has 0 aliphatic rings. The van der Waals surface area contributed by atoms with Crippen LogP contribution >= 0.6 is 11.8 Å². The van der Waals surface area contributed by atoms with Gasteiger partial charge in [-0.05, 0) is 42.7 Å². The number of rotatable bonds is 8. The van der Waals surface area contributed by atoms with E-state index in [0.717, 1.165) is 29.0 Å². The SMILES string of the molecule is CSCC[C@@H](NC(=O)c1ccccc1)c1nc2ccccc2n1CCC#N. The standard InChI is InChI=1S/C21H22N4OS/c1-27-15-12-18(24-21(26)16-8-3-2-4-9-16)20-23-17-10-5-6-11-19(17)25(20)14-7-13-22/h2-6,8-11,18H,7,12,14-15H2,1H3,(H,24,26)/t18-/m1/s1. The number of aryl methyl sites for hydroxylation is 1. The summed E-state index contributed by atoms with van der Waals surface area (Å²) in [6, 6.07) is 19.1. The maximum Gasteiger partial charge on any atom is 0.251 e. The molecule has 0 fully saturated rings. The van der Waals surface area contributed by atoms with Crippen LogP contribution < -0.4 is 5.32 Å². The first kappa shape index (κ1) is 19.0. The van der Waals surface area contributed by atoms with Crippen LogP contribution in [0.3, 0.4) is 0 Å². The Morgan fingerprint density at radius 1 is 1.22 bits per heavy atom. The van der Waals surface area contributed by atoms with Crippen LogP contribution in [0.15, 0.2) is 54.6 Å². The number of benzene rings is 2. The van der Waals surface area contributed by atoms with Crippen molar-refractivity contribution in [2.75, 3.05) is 12.0 Å². The minimum atomic E-state index is -0.212. The van der Waals surface area contributed by atoms with Gasteiger partial charge in [0.15, 0.2) is 0 Å². The molecule has 0 unspecified atom stereocenters. The summed E-state index contributed by atoms with van der Waals surface area (Å²) in [6.45, 7) is 0.559. The average Bonchev–Trinajstić information content (AvgIpc) is 3.08. The van der Waals surface area contributed by atoms with Crippen molar-refractivity contribution in [3.63, 3.8) is 0 Å². The molecule has 0 radical (unpaired) electrons. The predicted octanol–water partition coefficient (Wildman–Crippen LogP) is 4.17. The highest BCUT2D eigenvalue weighted by atomic mass is 32.2. The number of thioether (sulfide) groups is 1. The number of hydrogen-bond acceptors (Lipinski definition) is 4. The quantitative estimate of drug-likeness (QED) is 0.638. The normalized spacial score (nSPS) is 11.9. The second-order valence-corrected chi connectivity index (χ2v) is 7.18. The van der Waals surface area contributed by atoms with Crippen molar-refractivity contribution in [2.45, 2.75) is 25.4 Å². The molecule has 5 nitrogen and oxygen atoms in total. The number of imidazole rings is 1. The Morgan fingerprint density at radius 3 is 2.70 bits per heavy atom. The molecule has 3 aromatic rings. The summed E-state index contributed by atoms with van der Waals surface area (Å²) in [5.74, 6) is 1.60. The molecule has 0 aliphatic heterocycles. The number of fused-ring (bicyclic) bond motifs is 1. The van der Waals surface area contributed by atoms with Crippen molar-refractivity contribution in [1.29, 1.82) is 5.26 Å². The van der Waals surface area contributed by atoms with E-state index >= 15 is 0 Å². The smallest absolute Gasteiger partial charge is 0.251 e. The van der Waals surface area contributed by atoms with Gasteiger partial charge in [-0.2, -0.15) is 17.0 Å². The molecule has 27 heavy (non-hydrogen) atoms. The fourth-order valence-corrected chi connectivity index (χ4v) is 3.56. The second kappa shape index (κ2) is 9.24. The number of para-hydroxylation sites is 2. The van der Waals surface area contributed by atoms with E-state index in [1.54, 1.807) is 23.9 Å². The number of nitrogens with one attached hydrogen (secondary N) is 1. The average molecular weight is 379 g/mol. The van der Waals surface area contributed by atoms with Crippen molar-refractivity contribution in [2.24, 2.45) is 0 Å². The van der Waals surface area contributed by atoms with Crippen molar-refractivity contribution in [3.05, 3.63) is 66.0 Å². The molecule has 1 amide bonds. The monoisotopic (exact) mass is 378 g/mol. The van der Waals surface area contributed by atoms with Crippen molar-refractivity contribution in [3.8, 4) is 6.07 Å². The maximum atomic E-state index is 12.7. The van der Waals surface area contributed by atoms with Crippen LogP contribution in [-0.2, 0) is 6.54 Å². The Morgan fingerprint density at radius 2 is 1.96 bits per heavy atom. The summed E-state index contributed by atoms with van der Waals surface area (Å²) >= 11 is 1.74. The minimum absolute atomic E-state index is 0.111. The van der Waals surface area contributed by atoms with Crippen LogP contribution in [0.4, 0.5) is 0 Å². The third-order valence-corrected chi connectivity index (χ3v) is 5.04. The number of nitriles is 1. The van der Waals surface area contributed by atoms with Gasteiger partial charge < -0.3 is 9.88 Å². The zero-order valence-electron chi connectivity index (χ0n) is 15.3. The van der Waals surface area contributed by atoms with Crippen molar-refractivity contribution in [1.82, 2.24) is 14.9 Å². The Hall–Kier alpha value is -2.78. The molecule has 0 bridgehead atoms. The molecule has 1 aromatic heterocycles. The summed E-state index contributed by atoms with van der Waals surface area (Å²) in [7, 11) is 0. The van der Waals surface area contributed by atoms with E-state index in [4.69, 9.17) is 10.2 Å². The van der Waals surface area contributed by atoms with Gasteiger partial charge >= 0.3 is 0 Å². The molecule has 6 heteroatoms. The van der Waals surface area contributed by atoms with E-state index in [1.165, 1.54) is 0 Å². The van der Waals surface area contributed by atoms with E-state index in [2.05, 4.69) is 22.2 Å². The summed E-state index contributed by atoms with van der Waals surface area (Å²) in [5.41, 5.74) is 2.51. The van der Waals surface area contributed by atoms with Crippen LogP contribution in [0.2, 0.25) is 0 Å². The van der Waals surface area contributed by atoms with Crippen LogP contribution in [0, 0.1) is 11.3 Å². The van der Waals surface area contributed by atoms with Crippen LogP contribution in [-0.4, -0.2) is 27.5 Å². The second-order valence-electron chi connectivity index (χ2n) is 6.19. The highest BCUT2D eigenvalue weighted by Gasteiger charge is 2.22. The lowest BCUT2D eigenvalue weighted by atomic mass is 10.1. The highest BCUT2D eigenvalue weighted by molar-refractivity contribution is 7.98. The molecule has 1 N–H and O–H groups in total. The largest absolute Gasteiger partial charge is 0.342 e. The van der Waals surface area contributed by atoms with Crippen LogP contribution in [0.5, 0.6) is 0 Å². The lowest BCUT2D eigenvalue weighted by Crippen LogP contribution is -2.31. The molecule has 0 saturated heterocycles. The van der Waals surface area contributed by atoms with Crippen LogP contribution in [0.1, 0.15) is 35.1 Å². The number of nitrogens with zero attached hydrogens (tertiary/aromatic N) is 3. The number of hydrogen-bond donors (Lipinski definition) is 1. The number of amides is 1. The van der Waals surface area contributed by atoms with Gasteiger partial charge in [0.05, 0.1) is 29.6 Å². The predicted molar refractivity (Wildman–Crippen MR) is 110 cm³/mol. The van der Waals surface area contributed by atoms with Crippen molar-refractivity contribution >= 4 is 28.7 Å². The minimum Gasteiger partial charge on any atom is -0.342 e. The van der Waals surface area contributed by atoms with Crippen molar-refractivity contribution < 1.29 is 4.79 Å². The Labute approximate surface area is 163 Å². The first-order valence-corrected chi connectivity index (χ1v) is 10.3. The van der Waals surface area contributed by atoms with E-state index in [9.17, 15) is 4.79 Å². The zero-order chi connectivity index (χ0) is 19.1. The van der Waals surface area contributed by atoms with Gasteiger partial charge in [-0.25, -0.2) is 4.98 Å². The van der Waals surface area contributed by atoms with Gasteiger partial charge in [-0.1, -0.05) is 30.3 Å². The van der Waals surface area contributed by atoms with Gasteiger partial charge in [-0.15, -0.1) is 0 Å². The maximum absolute atomic E-state index is 12.7. The lowest BCUT2D eigenvalue weighted by Gasteiger charge is -2.19. The first-order chi connectivity index (χ1) is 13.2. The van der Waals surface area contributed by atoms with Gasteiger partial charge in [0.2, 0.25) is 0 Å². The molecule has 1 atom stereocenters. The number of aromatic nitrogens is 2. The van der Waals surface area contributed by atoms with Crippen LogP contribution in [0.25, 0.3) is 11.0 Å². The van der Waals surface area contributed by atoms with Gasteiger partial charge in [-0.3, -0.25) is 4.79 Å². The summed E-state index contributed by atoms with van der Waals surface area (Å²) in [6.07, 6.45) is 3.22. The molecular weight excluding hydrogens is 356 g/mol. The zero-order valence-corrected chi connectivity index (χ0v) is 16.1. The fourth-order valence-electron chi connectivity index (χ4n) is 3.09. The Kier molecular flexibility index (Phi) is 6.50. The van der Waals surface area contributed by atoms with E-state index in [0.29, 0.717) is 18.5 Å². The number of carbonyl (C=O) groups is 1. The number of carbonyl (C=O) groups excluding carboxylic acids is 1. The molecular formula is C21H22N4OS. The van der Waals surface area contributed by atoms with E-state index < -0.39 is 0 Å².